The van der Waals surface area contributed by atoms with E-state index in [1.54, 1.807) is 30.3 Å². The number of nitrogens with zero attached hydrogens (tertiary/aromatic N) is 2. The number of nitrogens with one attached hydrogen (secondary N) is 1. The molecule has 4 aromatic carbocycles. The fourth-order valence-electron chi connectivity index (χ4n) is 5.00. The van der Waals surface area contributed by atoms with Crippen molar-refractivity contribution < 1.29 is 18.0 Å². The van der Waals surface area contributed by atoms with E-state index in [-0.39, 0.29) is 35.5 Å². The Hall–Kier alpha value is -4.14. The van der Waals surface area contributed by atoms with Crippen LogP contribution in [0.25, 0.3) is 0 Å². The quantitative estimate of drug-likeness (QED) is 0.175. The summed E-state index contributed by atoms with van der Waals surface area (Å²) >= 11 is 6.30. The zero-order chi connectivity index (χ0) is 32.6. The normalized spacial score (nSPS) is 12.6. The van der Waals surface area contributed by atoms with Gasteiger partial charge in [-0.25, -0.2) is 8.42 Å². The highest BCUT2D eigenvalue weighted by molar-refractivity contribution is 7.92. The lowest BCUT2D eigenvalue weighted by Crippen LogP contribution is -2.54. The largest absolute Gasteiger partial charge is 0.352 e. The molecular formula is C36H40ClN3O4S. The van der Waals surface area contributed by atoms with Crippen LogP contribution < -0.4 is 9.62 Å². The van der Waals surface area contributed by atoms with Crippen molar-refractivity contribution in [3.63, 3.8) is 0 Å². The molecule has 0 fully saturated rings. The Morgan fingerprint density at radius 1 is 0.822 bits per heavy atom. The number of hydrogen-bond donors (Lipinski definition) is 1. The third-order valence-electron chi connectivity index (χ3n) is 7.69. The van der Waals surface area contributed by atoms with E-state index in [4.69, 9.17) is 11.6 Å². The molecule has 45 heavy (non-hydrogen) atoms. The number of halogens is 1. The predicted octanol–water partition coefficient (Wildman–Crippen LogP) is 6.71. The highest BCUT2D eigenvalue weighted by atomic mass is 35.5. The Labute approximate surface area is 271 Å². The van der Waals surface area contributed by atoms with Gasteiger partial charge in [-0.05, 0) is 68.7 Å². The minimum Gasteiger partial charge on any atom is -0.352 e. The first-order valence-corrected chi connectivity index (χ1v) is 16.8. The molecule has 0 aliphatic carbocycles. The molecule has 0 aliphatic rings. The van der Waals surface area contributed by atoms with E-state index in [9.17, 15) is 18.0 Å². The molecule has 2 amide bonds. The van der Waals surface area contributed by atoms with Crippen molar-refractivity contribution in [2.75, 3.05) is 10.8 Å². The van der Waals surface area contributed by atoms with E-state index >= 15 is 0 Å². The maximum Gasteiger partial charge on any atom is 0.264 e. The van der Waals surface area contributed by atoms with Gasteiger partial charge in [-0.3, -0.25) is 13.9 Å². The highest BCUT2D eigenvalue weighted by Crippen LogP contribution is 2.27. The fourth-order valence-corrected chi connectivity index (χ4v) is 6.59. The number of amides is 2. The molecule has 0 saturated heterocycles. The molecule has 236 valence electrons. The Bertz CT molecular complexity index is 1710. The number of aryl methyl sites for hydroxylation is 2. The van der Waals surface area contributed by atoms with Gasteiger partial charge >= 0.3 is 0 Å². The summed E-state index contributed by atoms with van der Waals surface area (Å²) in [6, 6.07) is 29.1. The van der Waals surface area contributed by atoms with Crippen LogP contribution in [-0.2, 0) is 32.6 Å². The summed E-state index contributed by atoms with van der Waals surface area (Å²) in [7, 11) is -4.20. The maximum absolute atomic E-state index is 14.5. The fraction of sp³-hybridized carbons (Fsp3) is 0.278. The van der Waals surface area contributed by atoms with E-state index in [1.165, 1.54) is 23.1 Å². The van der Waals surface area contributed by atoms with Crippen molar-refractivity contribution in [3.8, 4) is 0 Å². The van der Waals surface area contributed by atoms with Crippen LogP contribution in [0.2, 0.25) is 5.02 Å². The van der Waals surface area contributed by atoms with Gasteiger partial charge < -0.3 is 10.2 Å². The summed E-state index contributed by atoms with van der Waals surface area (Å²) in [6.45, 7) is 7.30. The van der Waals surface area contributed by atoms with Crippen molar-refractivity contribution in [2.45, 2.75) is 64.1 Å². The van der Waals surface area contributed by atoms with Crippen LogP contribution in [0.3, 0.4) is 0 Å². The lowest BCUT2D eigenvalue weighted by molar-refractivity contribution is -0.140. The van der Waals surface area contributed by atoms with Gasteiger partial charge in [0.05, 0.1) is 10.6 Å². The first-order chi connectivity index (χ1) is 21.5. The molecule has 2 atom stereocenters. The van der Waals surface area contributed by atoms with Gasteiger partial charge in [0.1, 0.15) is 12.6 Å². The van der Waals surface area contributed by atoms with E-state index < -0.39 is 28.5 Å². The topological polar surface area (TPSA) is 86.8 Å². The molecule has 2 unspecified atom stereocenters. The number of sulfonamides is 1. The average molecular weight is 646 g/mol. The third kappa shape index (κ3) is 8.96. The number of carbonyl (C=O) groups excluding carboxylic acids is 2. The van der Waals surface area contributed by atoms with E-state index in [0.29, 0.717) is 11.4 Å². The second-order valence-electron chi connectivity index (χ2n) is 11.3. The molecule has 9 heteroatoms. The molecule has 4 rings (SSSR count). The van der Waals surface area contributed by atoms with Crippen LogP contribution in [0, 0.1) is 13.8 Å². The standard InChI is InChI=1S/C36H40ClN3O4S/c1-5-28(4)38-36(42)34(22-29-12-7-6-8-13-29)39(24-30-14-9-11-27(3)21-30)35(41)25-40(32-16-10-15-31(37)23-32)45(43,44)33-19-17-26(2)18-20-33/h6-21,23,28,34H,5,22,24-25H2,1-4H3,(H,38,42). The summed E-state index contributed by atoms with van der Waals surface area (Å²) < 4.78 is 29.3. The average Bonchev–Trinajstić information content (AvgIpc) is 3.02. The molecule has 0 spiro atoms. The zero-order valence-corrected chi connectivity index (χ0v) is 27.7. The molecule has 0 heterocycles. The van der Waals surface area contributed by atoms with Crippen LogP contribution in [-0.4, -0.2) is 43.8 Å². The molecular weight excluding hydrogens is 606 g/mol. The van der Waals surface area contributed by atoms with Crippen LogP contribution in [0.1, 0.15) is 42.5 Å². The number of anilines is 1. The number of rotatable bonds is 13. The van der Waals surface area contributed by atoms with Gasteiger partial charge in [0, 0.05) is 24.0 Å². The molecule has 1 N–H and O–H groups in total. The summed E-state index contributed by atoms with van der Waals surface area (Å²) in [4.78, 5) is 30.0. The maximum atomic E-state index is 14.5. The second kappa shape index (κ2) is 15.2. The Kier molecular flexibility index (Phi) is 11.4. The number of benzene rings is 4. The number of carbonyl (C=O) groups is 2. The van der Waals surface area contributed by atoms with Crippen LogP contribution >= 0.6 is 11.6 Å². The van der Waals surface area contributed by atoms with Gasteiger partial charge in [0.15, 0.2) is 0 Å². The van der Waals surface area contributed by atoms with E-state index in [2.05, 4.69) is 5.32 Å². The molecule has 0 radical (unpaired) electrons. The zero-order valence-electron chi connectivity index (χ0n) is 26.1. The predicted molar refractivity (Wildman–Crippen MR) is 181 cm³/mol. The van der Waals surface area contributed by atoms with Gasteiger partial charge in [-0.15, -0.1) is 0 Å². The SMILES string of the molecule is CCC(C)NC(=O)C(Cc1ccccc1)N(Cc1cccc(C)c1)C(=O)CN(c1cccc(Cl)c1)S(=O)(=O)c1ccc(C)cc1. The smallest absolute Gasteiger partial charge is 0.264 e. The van der Waals surface area contributed by atoms with Crippen LogP contribution in [0.5, 0.6) is 0 Å². The molecule has 0 aliphatic heterocycles. The summed E-state index contributed by atoms with van der Waals surface area (Å²) in [6.07, 6.45) is 0.968. The lowest BCUT2D eigenvalue weighted by Gasteiger charge is -2.34. The van der Waals surface area contributed by atoms with Crippen molar-refractivity contribution in [3.05, 3.63) is 130 Å². The van der Waals surface area contributed by atoms with Gasteiger partial charge in [0.25, 0.3) is 10.0 Å². The second-order valence-corrected chi connectivity index (χ2v) is 13.6. The first kappa shape index (κ1) is 33.7. The van der Waals surface area contributed by atoms with Crippen molar-refractivity contribution in [1.82, 2.24) is 10.2 Å². The van der Waals surface area contributed by atoms with Gasteiger partial charge in [-0.1, -0.05) is 102 Å². The summed E-state index contributed by atoms with van der Waals surface area (Å²) in [5, 5.41) is 3.38. The minimum atomic E-state index is -4.20. The van der Waals surface area contributed by atoms with Crippen molar-refractivity contribution >= 4 is 39.1 Å². The van der Waals surface area contributed by atoms with E-state index in [0.717, 1.165) is 26.6 Å². The third-order valence-corrected chi connectivity index (χ3v) is 9.71. The minimum absolute atomic E-state index is 0.0430. The monoisotopic (exact) mass is 645 g/mol. The van der Waals surface area contributed by atoms with Crippen LogP contribution in [0.15, 0.2) is 108 Å². The van der Waals surface area contributed by atoms with Crippen molar-refractivity contribution in [1.29, 1.82) is 0 Å². The van der Waals surface area contributed by atoms with E-state index in [1.807, 2.05) is 82.3 Å². The molecule has 7 nitrogen and oxygen atoms in total. The van der Waals surface area contributed by atoms with Crippen molar-refractivity contribution in [2.24, 2.45) is 0 Å². The Balaban J connectivity index is 1.81. The van der Waals surface area contributed by atoms with Gasteiger partial charge in [-0.2, -0.15) is 0 Å². The summed E-state index contributed by atoms with van der Waals surface area (Å²) in [5.41, 5.74) is 3.86. The molecule has 0 aromatic heterocycles. The molecule has 0 saturated carbocycles. The Morgan fingerprint density at radius 2 is 1.49 bits per heavy atom. The Morgan fingerprint density at radius 3 is 2.13 bits per heavy atom. The van der Waals surface area contributed by atoms with Crippen LogP contribution in [0.4, 0.5) is 5.69 Å². The molecule has 0 bridgehead atoms. The highest BCUT2D eigenvalue weighted by Gasteiger charge is 2.35. The number of hydrogen-bond acceptors (Lipinski definition) is 4. The molecule has 4 aromatic rings. The first-order valence-electron chi connectivity index (χ1n) is 15.0. The summed E-state index contributed by atoms with van der Waals surface area (Å²) in [5.74, 6) is -0.822. The lowest BCUT2D eigenvalue weighted by atomic mass is 10.0. The van der Waals surface area contributed by atoms with Gasteiger partial charge in [0.2, 0.25) is 11.8 Å².